The number of carboxylic acids is 1. The SMILES string of the molecule is COc1ccc(F)c2c1cc(C)n2CCNc1cc(-c2ccc(C(=O)O)c(C#N)c2)ncn1. The van der Waals surface area contributed by atoms with Gasteiger partial charge in [0.05, 0.1) is 29.4 Å². The molecule has 0 bridgehead atoms. The van der Waals surface area contributed by atoms with Crippen molar-refractivity contribution in [2.45, 2.75) is 13.5 Å². The summed E-state index contributed by atoms with van der Waals surface area (Å²) in [5, 5.41) is 22.4. The van der Waals surface area contributed by atoms with Crippen LogP contribution in [0.2, 0.25) is 0 Å². The van der Waals surface area contributed by atoms with E-state index < -0.39 is 5.97 Å². The van der Waals surface area contributed by atoms with Crippen molar-refractivity contribution in [3.8, 4) is 23.1 Å². The van der Waals surface area contributed by atoms with Gasteiger partial charge in [-0.2, -0.15) is 5.26 Å². The minimum Gasteiger partial charge on any atom is -0.496 e. The van der Waals surface area contributed by atoms with Crippen molar-refractivity contribution in [2.75, 3.05) is 19.0 Å². The number of aryl methyl sites for hydroxylation is 1. The molecule has 0 aliphatic heterocycles. The number of ether oxygens (including phenoxy) is 1. The molecule has 33 heavy (non-hydrogen) atoms. The molecule has 0 saturated heterocycles. The first-order chi connectivity index (χ1) is 15.9. The number of aromatic carboxylic acids is 1. The van der Waals surface area contributed by atoms with Crippen LogP contribution >= 0.6 is 0 Å². The lowest BCUT2D eigenvalue weighted by Gasteiger charge is -2.12. The number of aromatic nitrogens is 3. The number of methoxy groups -OCH3 is 1. The van der Waals surface area contributed by atoms with Gasteiger partial charge in [0.15, 0.2) is 0 Å². The Kier molecular flexibility index (Phi) is 5.91. The standard InChI is InChI=1S/C24H20FN5O3/c1-14-9-18-21(33-2)6-5-19(25)23(18)30(14)8-7-27-22-11-20(28-13-29-22)15-3-4-17(24(31)32)16(10-15)12-26/h3-6,9-11,13H,7-8H2,1-2H3,(H,31,32)(H,27,28,29). The van der Waals surface area contributed by atoms with Crippen LogP contribution in [-0.4, -0.2) is 39.3 Å². The van der Waals surface area contributed by atoms with E-state index in [1.54, 1.807) is 25.3 Å². The number of carboxylic acid groups (broad SMARTS) is 1. The maximum absolute atomic E-state index is 14.5. The molecule has 2 aromatic heterocycles. The third kappa shape index (κ3) is 4.19. The Hall–Kier alpha value is -4.45. The van der Waals surface area contributed by atoms with E-state index in [1.165, 1.54) is 24.5 Å². The molecule has 0 unspecified atom stereocenters. The number of hydrogen-bond acceptors (Lipinski definition) is 6. The Balaban J connectivity index is 1.54. The van der Waals surface area contributed by atoms with Crippen molar-refractivity contribution in [1.29, 1.82) is 5.26 Å². The summed E-state index contributed by atoms with van der Waals surface area (Å²) in [7, 11) is 1.56. The van der Waals surface area contributed by atoms with Gasteiger partial charge in [-0.1, -0.05) is 6.07 Å². The van der Waals surface area contributed by atoms with Crippen LogP contribution in [0.1, 0.15) is 21.6 Å². The number of fused-ring (bicyclic) bond motifs is 1. The van der Waals surface area contributed by atoms with Crippen LogP contribution in [0.3, 0.4) is 0 Å². The Morgan fingerprint density at radius 2 is 2.06 bits per heavy atom. The molecule has 166 valence electrons. The van der Waals surface area contributed by atoms with Crippen LogP contribution in [0.4, 0.5) is 10.2 Å². The quantitative estimate of drug-likeness (QED) is 0.437. The van der Waals surface area contributed by atoms with Crippen LogP contribution in [0.25, 0.3) is 22.2 Å². The second-order valence-corrected chi connectivity index (χ2v) is 7.34. The van der Waals surface area contributed by atoms with Gasteiger partial charge < -0.3 is 19.7 Å². The molecule has 0 aliphatic rings. The number of nitriles is 1. The normalized spacial score (nSPS) is 10.7. The monoisotopic (exact) mass is 445 g/mol. The number of nitrogens with zero attached hydrogens (tertiary/aromatic N) is 4. The molecular weight excluding hydrogens is 425 g/mol. The predicted octanol–water partition coefficient (Wildman–Crippen LogP) is 4.24. The highest BCUT2D eigenvalue weighted by atomic mass is 19.1. The Morgan fingerprint density at radius 3 is 2.79 bits per heavy atom. The first kappa shape index (κ1) is 21.8. The first-order valence-electron chi connectivity index (χ1n) is 10.1. The summed E-state index contributed by atoms with van der Waals surface area (Å²) in [5.74, 6) is -0.313. The number of rotatable bonds is 7. The van der Waals surface area contributed by atoms with Gasteiger partial charge in [-0.15, -0.1) is 0 Å². The third-order valence-electron chi connectivity index (χ3n) is 5.37. The van der Waals surface area contributed by atoms with E-state index in [1.807, 2.05) is 23.6 Å². The lowest BCUT2D eigenvalue weighted by molar-refractivity contribution is 0.0696. The fourth-order valence-corrected chi connectivity index (χ4v) is 3.80. The van der Waals surface area contributed by atoms with Crippen molar-refractivity contribution in [3.63, 3.8) is 0 Å². The van der Waals surface area contributed by atoms with Crippen LogP contribution in [-0.2, 0) is 6.54 Å². The van der Waals surface area contributed by atoms with Crippen molar-refractivity contribution in [3.05, 3.63) is 71.4 Å². The van der Waals surface area contributed by atoms with Crippen LogP contribution in [0, 0.1) is 24.1 Å². The summed E-state index contributed by atoms with van der Waals surface area (Å²) in [4.78, 5) is 19.7. The summed E-state index contributed by atoms with van der Waals surface area (Å²) in [5.41, 5.74) is 2.52. The zero-order valence-corrected chi connectivity index (χ0v) is 18.0. The fraction of sp³-hybridized carbons (Fsp3) is 0.167. The topological polar surface area (TPSA) is 113 Å². The molecule has 4 aromatic rings. The van der Waals surface area contributed by atoms with Gasteiger partial charge in [0.1, 0.15) is 29.8 Å². The highest BCUT2D eigenvalue weighted by Gasteiger charge is 2.15. The Bertz CT molecular complexity index is 1410. The predicted molar refractivity (Wildman–Crippen MR) is 121 cm³/mol. The van der Waals surface area contributed by atoms with Crippen LogP contribution in [0.5, 0.6) is 5.75 Å². The van der Waals surface area contributed by atoms with Gasteiger partial charge >= 0.3 is 5.97 Å². The van der Waals surface area contributed by atoms with Gasteiger partial charge in [-0.05, 0) is 37.3 Å². The summed E-state index contributed by atoms with van der Waals surface area (Å²) in [6, 6.07) is 13.0. The first-order valence-corrected chi connectivity index (χ1v) is 10.1. The molecule has 0 fully saturated rings. The summed E-state index contributed by atoms with van der Waals surface area (Å²) in [6.45, 7) is 2.87. The van der Waals surface area contributed by atoms with Gasteiger partial charge in [0.25, 0.3) is 0 Å². The minimum absolute atomic E-state index is 0.0561. The van der Waals surface area contributed by atoms with E-state index in [4.69, 9.17) is 4.74 Å². The van der Waals surface area contributed by atoms with Gasteiger partial charge in [0, 0.05) is 35.8 Å². The molecule has 2 N–H and O–H groups in total. The number of benzene rings is 2. The summed E-state index contributed by atoms with van der Waals surface area (Å²) in [6.07, 6.45) is 1.38. The second-order valence-electron chi connectivity index (χ2n) is 7.34. The molecule has 0 radical (unpaired) electrons. The number of anilines is 1. The average molecular weight is 445 g/mol. The fourth-order valence-electron chi connectivity index (χ4n) is 3.80. The Labute approximate surface area is 188 Å². The number of carbonyl (C=O) groups is 1. The van der Waals surface area contributed by atoms with Crippen LogP contribution < -0.4 is 10.1 Å². The minimum atomic E-state index is -1.16. The van der Waals surface area contributed by atoms with E-state index in [0.29, 0.717) is 41.4 Å². The third-order valence-corrected chi connectivity index (χ3v) is 5.37. The highest BCUT2D eigenvalue weighted by molar-refractivity contribution is 5.91. The number of hydrogen-bond donors (Lipinski definition) is 2. The van der Waals surface area contributed by atoms with Gasteiger partial charge in [-0.25, -0.2) is 19.2 Å². The van der Waals surface area contributed by atoms with Gasteiger partial charge in [0.2, 0.25) is 0 Å². The molecule has 0 atom stereocenters. The summed E-state index contributed by atoms with van der Waals surface area (Å²) < 4.78 is 21.8. The molecule has 9 heteroatoms. The maximum atomic E-state index is 14.5. The van der Waals surface area contributed by atoms with Crippen molar-refractivity contribution < 1.29 is 19.0 Å². The molecule has 0 saturated carbocycles. The van der Waals surface area contributed by atoms with Gasteiger partial charge in [-0.3, -0.25) is 0 Å². The highest BCUT2D eigenvalue weighted by Crippen LogP contribution is 2.31. The molecule has 0 aliphatic carbocycles. The van der Waals surface area contributed by atoms with E-state index >= 15 is 0 Å². The van der Waals surface area contributed by atoms with E-state index in [0.717, 1.165) is 11.1 Å². The lowest BCUT2D eigenvalue weighted by atomic mass is 10.0. The maximum Gasteiger partial charge on any atom is 0.337 e. The van der Waals surface area contributed by atoms with Crippen LogP contribution in [0.15, 0.2) is 48.8 Å². The lowest BCUT2D eigenvalue weighted by Crippen LogP contribution is -2.13. The van der Waals surface area contributed by atoms with E-state index in [2.05, 4.69) is 15.3 Å². The molecule has 2 aromatic carbocycles. The zero-order valence-electron chi connectivity index (χ0n) is 18.0. The second kappa shape index (κ2) is 8.96. The molecular formula is C24H20FN5O3. The zero-order chi connectivity index (χ0) is 23.5. The molecule has 0 amide bonds. The average Bonchev–Trinajstić information content (AvgIpc) is 3.16. The molecule has 8 nitrogen and oxygen atoms in total. The molecule has 2 heterocycles. The summed E-state index contributed by atoms with van der Waals surface area (Å²) >= 11 is 0. The largest absolute Gasteiger partial charge is 0.496 e. The van der Waals surface area contributed by atoms with Crippen molar-refractivity contribution >= 4 is 22.7 Å². The van der Waals surface area contributed by atoms with E-state index in [9.17, 15) is 19.6 Å². The smallest absolute Gasteiger partial charge is 0.337 e. The number of halogens is 1. The Morgan fingerprint density at radius 1 is 1.24 bits per heavy atom. The van der Waals surface area contributed by atoms with E-state index in [-0.39, 0.29) is 16.9 Å². The number of nitrogens with one attached hydrogen (secondary N) is 1. The molecule has 4 rings (SSSR count). The van der Waals surface area contributed by atoms with Crippen molar-refractivity contribution in [1.82, 2.24) is 14.5 Å². The molecule has 0 spiro atoms. The van der Waals surface area contributed by atoms with Crippen molar-refractivity contribution in [2.24, 2.45) is 0 Å².